The van der Waals surface area contributed by atoms with Gasteiger partial charge in [0.2, 0.25) is 23.6 Å². The summed E-state index contributed by atoms with van der Waals surface area (Å²) in [4.78, 5) is 66.0. The molecule has 0 saturated carbocycles. The van der Waals surface area contributed by atoms with Crippen LogP contribution in [-0.2, 0) is 29.5 Å². The molecule has 2 aromatic rings. The zero-order chi connectivity index (χ0) is 26.6. The maximum absolute atomic E-state index is 13.9. The van der Waals surface area contributed by atoms with Gasteiger partial charge in [-0.05, 0) is 56.2 Å². The number of carbonyl (C=O) groups excluding carboxylic acids is 5. The molecule has 4 atom stereocenters. The molecule has 1 spiro atoms. The molecule has 0 bridgehead atoms. The summed E-state index contributed by atoms with van der Waals surface area (Å²) in [5.74, 6) is -4.57. The molecule has 4 N–H and O–H groups in total. The molecule has 2 aromatic carbocycles. The van der Waals surface area contributed by atoms with Gasteiger partial charge >= 0.3 is 5.97 Å². The van der Waals surface area contributed by atoms with Gasteiger partial charge in [-0.3, -0.25) is 24.5 Å². The third-order valence-corrected chi connectivity index (χ3v) is 7.83. The number of fused-ring (bicyclic) bond motifs is 4. The second-order valence-electron chi connectivity index (χ2n) is 9.40. The minimum absolute atomic E-state index is 0.0270. The fraction of sp³-hybridized carbons (Fsp3) is 0.346. The Morgan fingerprint density at radius 1 is 1.11 bits per heavy atom. The van der Waals surface area contributed by atoms with E-state index in [2.05, 4.69) is 10.6 Å². The minimum atomic E-state index is -1.52. The third kappa shape index (κ3) is 3.62. The molecular formula is C26H25ClN4O6. The van der Waals surface area contributed by atoms with Crippen LogP contribution in [0.4, 0.5) is 11.4 Å². The molecular weight excluding hydrogens is 500 g/mol. The Morgan fingerprint density at radius 2 is 1.81 bits per heavy atom. The van der Waals surface area contributed by atoms with Crippen LogP contribution in [0.1, 0.15) is 41.3 Å². The Morgan fingerprint density at radius 3 is 2.46 bits per heavy atom. The summed E-state index contributed by atoms with van der Waals surface area (Å²) in [7, 11) is 0. The second-order valence-corrected chi connectivity index (χ2v) is 9.80. The van der Waals surface area contributed by atoms with E-state index in [1.807, 2.05) is 0 Å². The number of nitrogens with two attached hydrogens (primary N) is 1. The molecule has 11 heteroatoms. The Kier molecular flexibility index (Phi) is 6.04. The molecule has 3 aliphatic rings. The first-order valence-electron chi connectivity index (χ1n) is 11.9. The van der Waals surface area contributed by atoms with Crippen molar-refractivity contribution < 1.29 is 28.7 Å². The lowest BCUT2D eigenvalue weighted by atomic mass is 9.76. The van der Waals surface area contributed by atoms with Gasteiger partial charge in [-0.15, -0.1) is 0 Å². The third-order valence-electron chi connectivity index (χ3n) is 7.42. The molecule has 2 saturated heterocycles. The van der Waals surface area contributed by atoms with E-state index in [9.17, 15) is 24.0 Å². The van der Waals surface area contributed by atoms with Gasteiger partial charge in [-0.2, -0.15) is 0 Å². The van der Waals surface area contributed by atoms with Crippen LogP contribution in [0.5, 0.6) is 0 Å². The first-order chi connectivity index (χ1) is 17.6. The quantitative estimate of drug-likeness (QED) is 0.386. The van der Waals surface area contributed by atoms with Crippen LogP contribution in [0, 0.1) is 18.8 Å². The SMILES string of the molecule is CCOC(=O)c1ccc(N2C(=O)[C@H]3[C@@H](C2=O)[C@]2(N[C@@H]3CCC(N)=O)C(=O)Nc3c2ccc(Cl)c3C)cc1. The molecule has 4 amide bonds. The van der Waals surface area contributed by atoms with Gasteiger partial charge in [-0.25, -0.2) is 9.69 Å². The molecule has 192 valence electrons. The largest absolute Gasteiger partial charge is 0.462 e. The van der Waals surface area contributed by atoms with E-state index in [-0.39, 0.29) is 30.7 Å². The van der Waals surface area contributed by atoms with Gasteiger partial charge in [0.15, 0.2) is 0 Å². The number of ether oxygens (including phenoxy) is 1. The predicted molar refractivity (Wildman–Crippen MR) is 134 cm³/mol. The Labute approximate surface area is 217 Å². The highest BCUT2D eigenvalue weighted by Crippen LogP contribution is 2.55. The number of carbonyl (C=O) groups is 5. The number of benzene rings is 2. The van der Waals surface area contributed by atoms with Crippen molar-refractivity contribution in [3.8, 4) is 0 Å². The molecule has 0 radical (unpaired) electrons. The summed E-state index contributed by atoms with van der Waals surface area (Å²) >= 11 is 6.28. The van der Waals surface area contributed by atoms with Crippen LogP contribution in [-0.4, -0.2) is 42.2 Å². The molecule has 2 fully saturated rings. The van der Waals surface area contributed by atoms with E-state index in [1.165, 1.54) is 24.3 Å². The summed E-state index contributed by atoms with van der Waals surface area (Å²) in [6.07, 6.45) is 0.142. The van der Waals surface area contributed by atoms with E-state index in [4.69, 9.17) is 22.1 Å². The van der Waals surface area contributed by atoms with Crippen LogP contribution >= 0.6 is 11.6 Å². The van der Waals surface area contributed by atoms with E-state index in [1.54, 1.807) is 26.0 Å². The van der Waals surface area contributed by atoms with Gasteiger partial charge in [-0.1, -0.05) is 17.7 Å². The highest BCUT2D eigenvalue weighted by molar-refractivity contribution is 6.32. The molecule has 3 heterocycles. The summed E-state index contributed by atoms with van der Waals surface area (Å²) in [6, 6.07) is 8.61. The number of halogens is 1. The fourth-order valence-electron chi connectivity index (χ4n) is 5.75. The van der Waals surface area contributed by atoms with Crippen LogP contribution in [0.25, 0.3) is 0 Å². The van der Waals surface area contributed by atoms with Gasteiger partial charge in [0, 0.05) is 23.0 Å². The normalized spacial score (nSPS) is 25.9. The van der Waals surface area contributed by atoms with E-state index in [0.29, 0.717) is 21.8 Å². The number of hydrogen-bond acceptors (Lipinski definition) is 7. The Balaban J connectivity index is 1.59. The molecule has 0 aromatic heterocycles. The lowest BCUT2D eigenvalue weighted by molar-refractivity contribution is -0.130. The monoisotopic (exact) mass is 524 g/mol. The van der Waals surface area contributed by atoms with Crippen molar-refractivity contribution >= 4 is 52.6 Å². The lowest BCUT2D eigenvalue weighted by Gasteiger charge is -2.29. The Bertz CT molecular complexity index is 1360. The topological polar surface area (TPSA) is 148 Å². The van der Waals surface area contributed by atoms with Crippen molar-refractivity contribution in [1.82, 2.24) is 5.32 Å². The number of esters is 1. The number of amides is 4. The maximum Gasteiger partial charge on any atom is 0.338 e. The van der Waals surface area contributed by atoms with Crippen molar-refractivity contribution in [2.24, 2.45) is 17.6 Å². The summed E-state index contributed by atoms with van der Waals surface area (Å²) < 4.78 is 5.00. The summed E-state index contributed by atoms with van der Waals surface area (Å²) in [6.45, 7) is 3.66. The van der Waals surface area contributed by atoms with Gasteiger partial charge in [0.1, 0.15) is 5.54 Å². The first-order valence-corrected chi connectivity index (χ1v) is 12.3. The van der Waals surface area contributed by atoms with Crippen molar-refractivity contribution in [2.45, 2.75) is 38.3 Å². The standard InChI is InChI=1S/C26H25ClN4O6/c1-3-37-24(35)13-4-6-14(7-5-13)31-22(33)19-17(10-11-18(28)32)30-26(20(19)23(31)34)15-8-9-16(27)12(2)21(15)29-25(26)36/h4-9,17,19-20,30H,3,10-11H2,1-2H3,(H2,28,32)(H,29,36)/t17-,19-,20+,26+/m1/s1. The summed E-state index contributed by atoms with van der Waals surface area (Å²) in [5.41, 5.74) is 6.06. The van der Waals surface area contributed by atoms with Crippen molar-refractivity contribution in [3.05, 3.63) is 58.1 Å². The Hall–Kier alpha value is -3.76. The second kappa shape index (κ2) is 8.97. The molecule has 10 nitrogen and oxygen atoms in total. The van der Waals surface area contributed by atoms with Crippen LogP contribution in [0.15, 0.2) is 36.4 Å². The van der Waals surface area contributed by atoms with Crippen LogP contribution in [0.2, 0.25) is 5.02 Å². The molecule has 0 unspecified atom stereocenters. The predicted octanol–water partition coefficient (Wildman–Crippen LogP) is 2.02. The van der Waals surface area contributed by atoms with Gasteiger partial charge in [0.25, 0.3) is 0 Å². The molecule has 3 aliphatic heterocycles. The van der Waals surface area contributed by atoms with E-state index in [0.717, 1.165) is 4.90 Å². The fourth-order valence-corrected chi connectivity index (χ4v) is 5.91. The number of primary amides is 1. The highest BCUT2D eigenvalue weighted by Gasteiger charge is 2.70. The number of rotatable bonds is 6. The smallest absolute Gasteiger partial charge is 0.338 e. The van der Waals surface area contributed by atoms with Crippen LogP contribution in [0.3, 0.4) is 0 Å². The first kappa shape index (κ1) is 24.9. The zero-order valence-corrected chi connectivity index (χ0v) is 20.9. The molecule has 5 rings (SSSR count). The maximum atomic E-state index is 13.9. The lowest BCUT2D eigenvalue weighted by Crippen LogP contribution is -2.53. The number of nitrogens with zero attached hydrogens (tertiary/aromatic N) is 1. The highest BCUT2D eigenvalue weighted by atomic mass is 35.5. The van der Waals surface area contributed by atoms with Crippen molar-refractivity contribution in [1.29, 1.82) is 0 Å². The number of anilines is 2. The average Bonchev–Trinajstić information content (AvgIpc) is 3.45. The van der Waals surface area contributed by atoms with E-state index < -0.39 is 53.0 Å². The van der Waals surface area contributed by atoms with E-state index >= 15 is 0 Å². The summed E-state index contributed by atoms with van der Waals surface area (Å²) in [5, 5.41) is 6.56. The number of imide groups is 1. The average molecular weight is 525 g/mol. The molecule has 0 aliphatic carbocycles. The minimum Gasteiger partial charge on any atom is -0.462 e. The van der Waals surface area contributed by atoms with Crippen LogP contribution < -0.4 is 21.3 Å². The number of hydrogen-bond donors (Lipinski definition) is 3. The van der Waals surface area contributed by atoms with Gasteiger partial charge in [0.05, 0.1) is 35.4 Å². The molecule has 37 heavy (non-hydrogen) atoms. The van der Waals surface area contributed by atoms with Crippen molar-refractivity contribution in [3.63, 3.8) is 0 Å². The number of nitrogens with one attached hydrogen (secondary N) is 2. The zero-order valence-electron chi connectivity index (χ0n) is 20.2. The van der Waals surface area contributed by atoms with Crippen molar-refractivity contribution in [2.75, 3.05) is 16.8 Å². The van der Waals surface area contributed by atoms with Gasteiger partial charge < -0.3 is 15.8 Å².